The number of halogens is 1. The van der Waals surface area contributed by atoms with Gasteiger partial charge in [-0.25, -0.2) is 9.97 Å². The highest BCUT2D eigenvalue weighted by Gasteiger charge is 2.23. The van der Waals surface area contributed by atoms with Crippen molar-refractivity contribution in [2.45, 2.75) is 11.4 Å². The van der Waals surface area contributed by atoms with E-state index in [1.165, 1.54) is 6.33 Å². The van der Waals surface area contributed by atoms with E-state index in [4.69, 9.17) is 17.3 Å². The Labute approximate surface area is 179 Å². The molecule has 1 fully saturated rings. The number of benzene rings is 2. The van der Waals surface area contributed by atoms with Gasteiger partial charge in [-0.15, -0.1) is 11.8 Å². The fourth-order valence-electron chi connectivity index (χ4n) is 3.41. The molecule has 1 aliphatic rings. The van der Waals surface area contributed by atoms with Gasteiger partial charge in [0, 0.05) is 47.2 Å². The molecule has 1 amide bonds. The molecule has 0 spiro atoms. The number of thioether (sulfide) groups is 1. The molecule has 1 saturated heterocycles. The van der Waals surface area contributed by atoms with Crippen LogP contribution in [0.4, 0.5) is 5.82 Å². The van der Waals surface area contributed by atoms with Crippen LogP contribution in [-0.4, -0.2) is 57.6 Å². The van der Waals surface area contributed by atoms with Gasteiger partial charge in [0.1, 0.15) is 12.1 Å². The van der Waals surface area contributed by atoms with Crippen LogP contribution in [0.5, 0.6) is 0 Å². The average molecular weight is 428 g/mol. The molecule has 4 rings (SSSR count). The second-order valence-corrected chi connectivity index (χ2v) is 8.61. The van der Waals surface area contributed by atoms with E-state index in [1.54, 1.807) is 11.8 Å². The summed E-state index contributed by atoms with van der Waals surface area (Å²) in [5.41, 5.74) is 7.74. The number of aromatic nitrogens is 2. The van der Waals surface area contributed by atoms with Crippen molar-refractivity contribution in [1.29, 1.82) is 0 Å². The molecule has 8 heteroatoms. The zero-order valence-corrected chi connectivity index (χ0v) is 17.5. The van der Waals surface area contributed by atoms with Crippen LogP contribution in [0.1, 0.15) is 5.56 Å². The molecular weight excluding hydrogens is 406 g/mol. The van der Waals surface area contributed by atoms with Crippen molar-refractivity contribution in [3.05, 3.63) is 59.4 Å². The molecule has 2 N–H and O–H groups in total. The SMILES string of the molecule is Nc1ncnc2cc(CN3CCN(CCSc4cccc(Cl)c4)CC3=O)ccc12. The van der Waals surface area contributed by atoms with Crippen molar-refractivity contribution in [3.8, 4) is 0 Å². The van der Waals surface area contributed by atoms with Gasteiger partial charge in [0.2, 0.25) is 5.91 Å². The monoisotopic (exact) mass is 427 g/mol. The molecule has 29 heavy (non-hydrogen) atoms. The van der Waals surface area contributed by atoms with Crippen molar-refractivity contribution in [1.82, 2.24) is 19.8 Å². The summed E-state index contributed by atoms with van der Waals surface area (Å²) in [7, 11) is 0. The number of hydrogen-bond acceptors (Lipinski definition) is 6. The second-order valence-electron chi connectivity index (χ2n) is 7.01. The highest BCUT2D eigenvalue weighted by molar-refractivity contribution is 7.99. The van der Waals surface area contributed by atoms with Gasteiger partial charge in [0.25, 0.3) is 0 Å². The lowest BCUT2D eigenvalue weighted by atomic mass is 10.1. The van der Waals surface area contributed by atoms with E-state index in [1.807, 2.05) is 41.3 Å². The Bertz CT molecular complexity index is 1030. The van der Waals surface area contributed by atoms with Crippen LogP contribution in [0.3, 0.4) is 0 Å². The molecule has 2 aromatic carbocycles. The van der Waals surface area contributed by atoms with Gasteiger partial charge in [-0.2, -0.15) is 0 Å². The summed E-state index contributed by atoms with van der Waals surface area (Å²) >= 11 is 7.79. The molecule has 0 radical (unpaired) electrons. The zero-order valence-electron chi connectivity index (χ0n) is 15.9. The van der Waals surface area contributed by atoms with Gasteiger partial charge >= 0.3 is 0 Å². The van der Waals surface area contributed by atoms with Gasteiger partial charge in [-0.3, -0.25) is 9.69 Å². The summed E-state index contributed by atoms with van der Waals surface area (Å²) in [5.74, 6) is 1.56. The standard InChI is InChI=1S/C21H22ClN5OS/c22-16-2-1-3-17(11-16)29-9-8-26-6-7-27(20(28)13-26)12-15-4-5-18-19(10-15)24-14-25-21(18)23/h1-5,10-11,14H,6-9,12-13H2,(H2,23,24,25). The number of fused-ring (bicyclic) bond motifs is 1. The minimum absolute atomic E-state index is 0.159. The number of nitrogen functional groups attached to an aromatic ring is 1. The summed E-state index contributed by atoms with van der Waals surface area (Å²) in [4.78, 5) is 26.2. The molecule has 1 aliphatic heterocycles. The van der Waals surface area contributed by atoms with Crippen molar-refractivity contribution >= 4 is 46.0 Å². The van der Waals surface area contributed by atoms with Crippen LogP contribution >= 0.6 is 23.4 Å². The molecule has 1 aromatic heterocycles. The Balaban J connectivity index is 1.29. The Morgan fingerprint density at radius 1 is 1.14 bits per heavy atom. The third kappa shape index (κ3) is 4.98. The quantitative estimate of drug-likeness (QED) is 0.608. The molecular formula is C21H22ClN5OS. The van der Waals surface area contributed by atoms with Gasteiger partial charge in [-0.1, -0.05) is 23.7 Å². The predicted molar refractivity (Wildman–Crippen MR) is 118 cm³/mol. The van der Waals surface area contributed by atoms with Gasteiger partial charge in [0.05, 0.1) is 12.1 Å². The van der Waals surface area contributed by atoms with Crippen LogP contribution < -0.4 is 5.73 Å². The number of anilines is 1. The lowest BCUT2D eigenvalue weighted by Gasteiger charge is -2.34. The third-order valence-electron chi connectivity index (χ3n) is 4.98. The minimum Gasteiger partial charge on any atom is -0.383 e. The first-order valence-corrected chi connectivity index (χ1v) is 10.8. The number of carbonyl (C=O) groups excluding carboxylic acids is 1. The number of hydrogen-bond donors (Lipinski definition) is 1. The summed E-state index contributed by atoms with van der Waals surface area (Å²) in [5, 5.41) is 1.59. The van der Waals surface area contributed by atoms with Crippen LogP contribution in [0.25, 0.3) is 10.9 Å². The molecule has 0 bridgehead atoms. The van der Waals surface area contributed by atoms with Crippen LogP contribution in [-0.2, 0) is 11.3 Å². The molecule has 6 nitrogen and oxygen atoms in total. The third-order valence-corrected chi connectivity index (χ3v) is 6.18. The second kappa shape index (κ2) is 8.98. The van der Waals surface area contributed by atoms with Crippen molar-refractivity contribution in [2.24, 2.45) is 0 Å². The Morgan fingerprint density at radius 2 is 2.03 bits per heavy atom. The summed E-state index contributed by atoms with van der Waals surface area (Å²) < 4.78 is 0. The maximum absolute atomic E-state index is 12.6. The predicted octanol–water partition coefficient (Wildman–Crippen LogP) is 3.30. The van der Waals surface area contributed by atoms with Crippen molar-refractivity contribution in [3.63, 3.8) is 0 Å². The number of nitrogens with zero attached hydrogens (tertiary/aromatic N) is 4. The normalized spacial score (nSPS) is 15.2. The van der Waals surface area contributed by atoms with E-state index in [2.05, 4.69) is 20.9 Å². The highest BCUT2D eigenvalue weighted by Crippen LogP contribution is 2.22. The van der Waals surface area contributed by atoms with Gasteiger partial charge < -0.3 is 10.6 Å². The molecule has 0 atom stereocenters. The lowest BCUT2D eigenvalue weighted by Crippen LogP contribution is -2.50. The fourth-order valence-corrected chi connectivity index (χ4v) is 4.63. The number of rotatable bonds is 6. The van der Waals surface area contributed by atoms with E-state index in [0.29, 0.717) is 18.9 Å². The summed E-state index contributed by atoms with van der Waals surface area (Å²) in [6.07, 6.45) is 1.47. The smallest absolute Gasteiger partial charge is 0.237 e. The summed E-state index contributed by atoms with van der Waals surface area (Å²) in [6.45, 7) is 3.53. The van der Waals surface area contributed by atoms with Gasteiger partial charge in [0.15, 0.2) is 0 Å². The molecule has 0 aliphatic carbocycles. The minimum atomic E-state index is 0.159. The fraction of sp³-hybridized carbons (Fsp3) is 0.286. The molecule has 3 aromatic rings. The van der Waals surface area contributed by atoms with E-state index in [-0.39, 0.29) is 5.91 Å². The highest BCUT2D eigenvalue weighted by atomic mass is 35.5. The first-order chi connectivity index (χ1) is 14.1. The van der Waals surface area contributed by atoms with Crippen LogP contribution in [0, 0.1) is 0 Å². The summed E-state index contributed by atoms with van der Waals surface area (Å²) in [6, 6.07) is 13.8. The van der Waals surface area contributed by atoms with E-state index in [0.717, 1.165) is 51.8 Å². The molecule has 0 saturated carbocycles. The average Bonchev–Trinajstić information content (AvgIpc) is 2.70. The van der Waals surface area contributed by atoms with Crippen LogP contribution in [0.15, 0.2) is 53.7 Å². The maximum Gasteiger partial charge on any atom is 0.237 e. The number of piperazine rings is 1. The Kier molecular flexibility index (Phi) is 6.18. The van der Waals surface area contributed by atoms with Crippen LogP contribution in [0.2, 0.25) is 5.02 Å². The number of nitrogens with two attached hydrogens (primary N) is 1. The molecule has 150 valence electrons. The zero-order chi connectivity index (χ0) is 20.2. The van der Waals surface area contributed by atoms with Crippen molar-refractivity contribution in [2.75, 3.05) is 37.7 Å². The first-order valence-electron chi connectivity index (χ1n) is 9.46. The number of amides is 1. The Hall–Kier alpha value is -2.35. The largest absolute Gasteiger partial charge is 0.383 e. The Morgan fingerprint density at radius 3 is 2.86 bits per heavy atom. The van der Waals surface area contributed by atoms with E-state index in [9.17, 15) is 4.79 Å². The van der Waals surface area contributed by atoms with Gasteiger partial charge in [-0.05, 0) is 35.9 Å². The van der Waals surface area contributed by atoms with E-state index < -0.39 is 0 Å². The molecule has 2 heterocycles. The maximum atomic E-state index is 12.6. The van der Waals surface area contributed by atoms with E-state index >= 15 is 0 Å². The first kappa shape index (κ1) is 19.9. The number of carbonyl (C=O) groups is 1. The molecule has 0 unspecified atom stereocenters. The lowest BCUT2D eigenvalue weighted by molar-refractivity contribution is -0.136. The topological polar surface area (TPSA) is 75.3 Å². The van der Waals surface area contributed by atoms with Crippen molar-refractivity contribution < 1.29 is 4.79 Å².